The fourth-order valence-corrected chi connectivity index (χ4v) is 9.79. The smallest absolute Gasteiger partial charge is 0.315 e. The topological polar surface area (TPSA) is 60.4 Å². The highest BCUT2D eigenvalue weighted by Gasteiger charge is 2.69. The number of esters is 1. The van der Waals surface area contributed by atoms with Gasteiger partial charge in [-0.25, -0.2) is 0 Å². The van der Waals surface area contributed by atoms with Crippen LogP contribution in [0.3, 0.4) is 0 Å². The first-order valence-electron chi connectivity index (χ1n) is 13.7. The van der Waals surface area contributed by atoms with Crippen molar-refractivity contribution in [3.05, 3.63) is 23.3 Å². The maximum atomic E-state index is 14.2. The lowest BCUT2D eigenvalue weighted by Gasteiger charge is -2.68. The SMILES string of the molecule is COC(=O)[C@]1(C)C=C2C3=CC(=O)[C@@H]4[C@@]5(C)CCC(=O)C(C)(C)[C@H]5CC[C@@]4(C)[C@]3(C)CC[C@@]2(C)CC1. The zero-order valence-corrected chi connectivity index (χ0v) is 23.1. The zero-order chi connectivity index (χ0) is 25.8. The molecule has 0 spiro atoms. The number of hydrogen-bond acceptors (Lipinski definition) is 4. The van der Waals surface area contributed by atoms with E-state index in [1.807, 2.05) is 13.0 Å². The Hall–Kier alpha value is -1.71. The largest absolute Gasteiger partial charge is 0.468 e. The molecular formula is C31H44O4. The molecule has 4 nitrogen and oxygen atoms in total. The number of carbonyl (C=O) groups is 3. The number of carbonyl (C=O) groups excluding carboxylic acids is 3. The minimum atomic E-state index is -0.652. The van der Waals surface area contributed by atoms with Crippen LogP contribution >= 0.6 is 0 Å². The van der Waals surface area contributed by atoms with Gasteiger partial charge < -0.3 is 4.74 Å². The second-order valence-corrected chi connectivity index (χ2v) is 14.4. The van der Waals surface area contributed by atoms with Crippen molar-refractivity contribution in [3.8, 4) is 0 Å². The van der Waals surface area contributed by atoms with E-state index in [4.69, 9.17) is 4.74 Å². The van der Waals surface area contributed by atoms with Crippen molar-refractivity contribution in [2.24, 2.45) is 44.3 Å². The van der Waals surface area contributed by atoms with Crippen LogP contribution in [0, 0.1) is 44.3 Å². The predicted molar refractivity (Wildman–Crippen MR) is 136 cm³/mol. The van der Waals surface area contributed by atoms with Crippen LogP contribution in [-0.2, 0) is 19.1 Å². The first-order chi connectivity index (χ1) is 16.1. The lowest BCUT2D eigenvalue weighted by Crippen LogP contribution is -2.65. The highest BCUT2D eigenvalue weighted by atomic mass is 16.5. The molecule has 0 aromatic rings. The lowest BCUT2D eigenvalue weighted by molar-refractivity contribution is -0.182. The molecule has 0 aromatic carbocycles. The number of fused-ring (bicyclic) bond motifs is 7. The molecule has 35 heavy (non-hydrogen) atoms. The molecule has 192 valence electrons. The normalized spacial score (nSPS) is 48.5. The first-order valence-corrected chi connectivity index (χ1v) is 13.7. The fraction of sp³-hybridized carbons (Fsp3) is 0.774. The van der Waals surface area contributed by atoms with Crippen LogP contribution in [0.25, 0.3) is 0 Å². The zero-order valence-electron chi connectivity index (χ0n) is 23.1. The van der Waals surface area contributed by atoms with Crippen molar-refractivity contribution in [1.29, 1.82) is 0 Å². The van der Waals surface area contributed by atoms with Gasteiger partial charge in [-0.2, -0.15) is 0 Å². The van der Waals surface area contributed by atoms with Crippen LogP contribution < -0.4 is 0 Å². The van der Waals surface area contributed by atoms with E-state index in [-0.39, 0.29) is 50.7 Å². The summed E-state index contributed by atoms with van der Waals surface area (Å²) in [7, 11) is 1.47. The van der Waals surface area contributed by atoms with E-state index in [0.29, 0.717) is 12.2 Å². The van der Waals surface area contributed by atoms with Crippen LogP contribution in [-0.4, -0.2) is 24.6 Å². The van der Waals surface area contributed by atoms with Crippen LogP contribution in [0.5, 0.6) is 0 Å². The monoisotopic (exact) mass is 480 g/mol. The molecule has 4 heteroatoms. The molecule has 0 saturated heterocycles. The number of Topliss-reactive ketones (excluding diaryl/α,β-unsaturated/α-hetero) is 1. The maximum Gasteiger partial charge on any atom is 0.315 e. The third-order valence-corrected chi connectivity index (χ3v) is 12.4. The molecular weight excluding hydrogens is 436 g/mol. The summed E-state index contributed by atoms with van der Waals surface area (Å²) >= 11 is 0. The Bertz CT molecular complexity index is 1080. The molecule has 0 heterocycles. The molecule has 0 bridgehead atoms. The summed E-state index contributed by atoms with van der Waals surface area (Å²) in [6, 6.07) is 0. The maximum absolute atomic E-state index is 14.2. The Labute approximate surface area is 211 Å². The molecule has 7 atom stereocenters. The van der Waals surface area contributed by atoms with Crippen LogP contribution in [0.4, 0.5) is 0 Å². The fourth-order valence-electron chi connectivity index (χ4n) is 9.79. The minimum Gasteiger partial charge on any atom is -0.468 e. The summed E-state index contributed by atoms with van der Waals surface area (Å²) in [5.41, 5.74) is 0.877. The summed E-state index contributed by atoms with van der Waals surface area (Å²) in [5.74, 6) is 0.580. The van der Waals surface area contributed by atoms with Gasteiger partial charge in [-0.1, -0.05) is 47.6 Å². The molecule has 0 amide bonds. The third-order valence-electron chi connectivity index (χ3n) is 12.4. The Kier molecular flexibility index (Phi) is 5.13. The number of rotatable bonds is 1. The number of ether oxygens (including phenoxy) is 1. The predicted octanol–water partition coefficient (Wildman–Crippen LogP) is 6.63. The summed E-state index contributed by atoms with van der Waals surface area (Å²) in [5, 5.41) is 0. The second kappa shape index (κ2) is 7.19. The van der Waals surface area contributed by atoms with Crippen LogP contribution in [0.15, 0.2) is 23.3 Å². The van der Waals surface area contributed by atoms with Gasteiger partial charge in [0, 0.05) is 17.8 Å². The standard InChI is InChI=1S/C31H44O4/c1-26(2)22-9-12-31(7)24(29(22,5)11-10-23(26)33)21(32)17-19-20-18-28(4,25(34)35-8)14-13-27(20,3)15-16-30(19,31)6/h17-18,22,24H,9-16H2,1-8H3/t22-,24-,27-,28+,29+,30-,31-/m1/s1. The molecule has 0 radical (unpaired) electrons. The summed E-state index contributed by atoms with van der Waals surface area (Å²) < 4.78 is 5.20. The van der Waals surface area contributed by atoms with Crippen molar-refractivity contribution >= 4 is 17.5 Å². The number of methoxy groups -OCH3 is 1. The Morgan fingerprint density at radius 3 is 2.20 bits per heavy atom. The van der Waals surface area contributed by atoms with E-state index in [0.717, 1.165) is 44.9 Å². The Morgan fingerprint density at radius 1 is 0.886 bits per heavy atom. The molecule has 0 unspecified atom stereocenters. The molecule has 3 saturated carbocycles. The highest BCUT2D eigenvalue weighted by molar-refractivity contribution is 5.97. The van der Waals surface area contributed by atoms with Crippen molar-refractivity contribution in [3.63, 3.8) is 0 Å². The molecule has 5 rings (SSSR count). The van der Waals surface area contributed by atoms with Gasteiger partial charge in [-0.3, -0.25) is 14.4 Å². The van der Waals surface area contributed by atoms with Gasteiger partial charge in [-0.05, 0) is 96.7 Å². The molecule has 0 aliphatic heterocycles. The Balaban J connectivity index is 1.67. The average molecular weight is 481 g/mol. The van der Waals surface area contributed by atoms with Gasteiger partial charge in [0.15, 0.2) is 5.78 Å². The molecule has 3 fully saturated rings. The van der Waals surface area contributed by atoms with Crippen LogP contribution in [0.2, 0.25) is 0 Å². The van der Waals surface area contributed by atoms with Gasteiger partial charge in [0.1, 0.15) is 5.78 Å². The van der Waals surface area contributed by atoms with E-state index in [2.05, 4.69) is 47.6 Å². The second-order valence-electron chi connectivity index (χ2n) is 14.4. The molecule has 5 aliphatic rings. The van der Waals surface area contributed by atoms with Crippen LogP contribution in [0.1, 0.15) is 99.8 Å². The van der Waals surface area contributed by atoms with Gasteiger partial charge >= 0.3 is 5.97 Å². The number of ketones is 2. The third kappa shape index (κ3) is 2.95. The molecule has 0 N–H and O–H groups in total. The molecule has 0 aromatic heterocycles. The van der Waals surface area contributed by atoms with Gasteiger partial charge in [-0.15, -0.1) is 0 Å². The number of allylic oxidation sites excluding steroid dienone is 3. The van der Waals surface area contributed by atoms with Gasteiger partial charge in [0.25, 0.3) is 0 Å². The average Bonchev–Trinajstić information content (AvgIpc) is 2.78. The first kappa shape index (κ1) is 25.0. The van der Waals surface area contributed by atoms with E-state index in [9.17, 15) is 14.4 Å². The molecule has 5 aliphatic carbocycles. The van der Waals surface area contributed by atoms with Crippen molar-refractivity contribution < 1.29 is 19.1 Å². The van der Waals surface area contributed by atoms with Crippen molar-refractivity contribution in [2.75, 3.05) is 7.11 Å². The highest BCUT2D eigenvalue weighted by Crippen LogP contribution is 2.74. The van der Waals surface area contributed by atoms with Crippen molar-refractivity contribution in [2.45, 2.75) is 99.8 Å². The Morgan fingerprint density at radius 2 is 1.54 bits per heavy atom. The minimum absolute atomic E-state index is 0.0112. The lowest BCUT2D eigenvalue weighted by atomic mass is 9.34. The summed E-state index contributed by atoms with van der Waals surface area (Å²) in [4.78, 5) is 39.9. The van der Waals surface area contributed by atoms with E-state index >= 15 is 0 Å². The van der Waals surface area contributed by atoms with E-state index in [1.165, 1.54) is 18.3 Å². The van der Waals surface area contributed by atoms with Gasteiger partial charge in [0.2, 0.25) is 0 Å². The summed E-state index contributed by atoms with van der Waals surface area (Å²) in [6.45, 7) is 15.6. The van der Waals surface area contributed by atoms with E-state index < -0.39 is 5.41 Å². The van der Waals surface area contributed by atoms with Crippen molar-refractivity contribution in [1.82, 2.24) is 0 Å². The van der Waals surface area contributed by atoms with E-state index in [1.54, 1.807) is 0 Å². The van der Waals surface area contributed by atoms with Gasteiger partial charge in [0.05, 0.1) is 12.5 Å². The number of hydrogen-bond donors (Lipinski definition) is 0. The summed E-state index contributed by atoms with van der Waals surface area (Å²) in [6.07, 6.45) is 11.3. The quantitative estimate of drug-likeness (QED) is 0.395.